The molecule has 0 N–H and O–H groups in total. The van der Waals surface area contributed by atoms with Gasteiger partial charge >= 0.3 is 5.69 Å². The van der Waals surface area contributed by atoms with Gasteiger partial charge in [0.05, 0.1) is 26.5 Å². The Morgan fingerprint density at radius 1 is 0.865 bits per heavy atom. The van der Waals surface area contributed by atoms with Gasteiger partial charge in [-0.3, -0.25) is 29.9 Å². The number of benzene rings is 4. The second kappa shape index (κ2) is 9.80. The molecule has 0 aromatic heterocycles. The minimum absolute atomic E-state index is 0.167. The van der Waals surface area contributed by atoms with Crippen molar-refractivity contribution in [3.8, 4) is 11.5 Å². The Bertz CT molecular complexity index is 1650. The van der Waals surface area contributed by atoms with Gasteiger partial charge in [0.15, 0.2) is 4.32 Å². The summed E-state index contributed by atoms with van der Waals surface area (Å²) in [6.45, 7) is 0. The van der Waals surface area contributed by atoms with Crippen LogP contribution in [0.3, 0.4) is 0 Å². The number of non-ortho nitro benzene ring substituents is 1. The number of thioether (sulfide) groups is 1. The first-order chi connectivity index (χ1) is 17.8. The molecule has 1 aliphatic heterocycles. The third-order valence-corrected chi connectivity index (χ3v) is 6.88. The summed E-state index contributed by atoms with van der Waals surface area (Å²) < 4.78 is 6.17. The van der Waals surface area contributed by atoms with Crippen molar-refractivity contribution >= 4 is 68.1 Å². The summed E-state index contributed by atoms with van der Waals surface area (Å²) in [5.74, 6) is -0.239. The molecule has 0 unspecified atom stereocenters. The van der Waals surface area contributed by atoms with Crippen molar-refractivity contribution in [2.75, 3.05) is 4.90 Å². The number of ether oxygens (including phenoxy) is 1. The van der Waals surface area contributed by atoms with E-state index >= 15 is 0 Å². The van der Waals surface area contributed by atoms with E-state index in [9.17, 15) is 25.0 Å². The number of thiocarbonyl (C=S) groups is 1. The number of hydrogen-bond acceptors (Lipinski definition) is 8. The Morgan fingerprint density at radius 2 is 1.59 bits per heavy atom. The molecule has 0 radical (unpaired) electrons. The second-order valence-corrected chi connectivity index (χ2v) is 9.50. The first-order valence-corrected chi connectivity index (χ1v) is 12.0. The summed E-state index contributed by atoms with van der Waals surface area (Å²) in [6, 6.07) is 23.2. The molecule has 1 heterocycles. The number of hydrogen-bond donors (Lipinski definition) is 0. The van der Waals surface area contributed by atoms with E-state index < -0.39 is 21.2 Å². The van der Waals surface area contributed by atoms with E-state index in [0.29, 0.717) is 20.5 Å². The van der Waals surface area contributed by atoms with Crippen molar-refractivity contribution in [2.24, 2.45) is 0 Å². The van der Waals surface area contributed by atoms with Crippen molar-refractivity contribution < 1.29 is 19.4 Å². The Kier molecular flexibility index (Phi) is 6.38. The third-order valence-electron chi connectivity index (χ3n) is 5.58. The molecule has 1 fully saturated rings. The molecule has 1 amide bonds. The van der Waals surface area contributed by atoms with Crippen LogP contribution in [0.25, 0.3) is 16.8 Å². The van der Waals surface area contributed by atoms with Crippen molar-refractivity contribution in [1.82, 2.24) is 0 Å². The normalized spacial score (nSPS) is 14.4. The smallest absolute Gasteiger partial charge is 0.318 e. The van der Waals surface area contributed by atoms with Crippen LogP contribution in [-0.4, -0.2) is 20.1 Å². The monoisotopic (exact) mass is 529 g/mol. The maximum atomic E-state index is 13.4. The van der Waals surface area contributed by atoms with Crippen LogP contribution in [0.5, 0.6) is 11.5 Å². The fourth-order valence-electron chi connectivity index (χ4n) is 3.88. The van der Waals surface area contributed by atoms with E-state index in [0.717, 1.165) is 34.7 Å². The van der Waals surface area contributed by atoms with Crippen LogP contribution >= 0.6 is 24.0 Å². The van der Waals surface area contributed by atoms with E-state index in [1.165, 1.54) is 11.0 Å². The molecule has 0 spiro atoms. The van der Waals surface area contributed by atoms with E-state index in [1.807, 2.05) is 42.5 Å². The highest BCUT2D eigenvalue weighted by Crippen LogP contribution is 2.41. The topological polar surface area (TPSA) is 116 Å². The maximum absolute atomic E-state index is 13.4. The van der Waals surface area contributed by atoms with Gasteiger partial charge in [-0.25, -0.2) is 0 Å². The van der Waals surface area contributed by atoms with E-state index in [-0.39, 0.29) is 17.4 Å². The zero-order valence-electron chi connectivity index (χ0n) is 18.8. The molecule has 1 aliphatic rings. The van der Waals surface area contributed by atoms with E-state index in [4.69, 9.17) is 17.0 Å². The van der Waals surface area contributed by atoms with Crippen molar-refractivity contribution in [3.05, 3.63) is 116 Å². The average molecular weight is 530 g/mol. The van der Waals surface area contributed by atoms with Gasteiger partial charge in [-0.05, 0) is 29.7 Å². The fourth-order valence-corrected chi connectivity index (χ4v) is 5.16. The number of anilines is 1. The highest BCUT2D eigenvalue weighted by molar-refractivity contribution is 8.27. The number of rotatable bonds is 6. The van der Waals surface area contributed by atoms with Crippen LogP contribution in [0, 0.1) is 20.2 Å². The number of fused-ring (bicyclic) bond motifs is 1. The van der Waals surface area contributed by atoms with Crippen molar-refractivity contribution in [3.63, 3.8) is 0 Å². The predicted molar refractivity (Wildman–Crippen MR) is 146 cm³/mol. The molecule has 37 heavy (non-hydrogen) atoms. The number of carbonyl (C=O) groups is 1. The van der Waals surface area contributed by atoms with Crippen molar-refractivity contribution in [1.29, 1.82) is 0 Å². The summed E-state index contributed by atoms with van der Waals surface area (Å²) in [7, 11) is 0. The summed E-state index contributed by atoms with van der Waals surface area (Å²) in [4.78, 5) is 36.4. The van der Waals surface area contributed by atoms with Gasteiger partial charge in [0, 0.05) is 17.0 Å². The molecule has 4 aromatic carbocycles. The summed E-state index contributed by atoms with van der Waals surface area (Å²) in [6.07, 6.45) is 1.61. The number of nitrogens with zero attached hydrogens (tertiary/aromatic N) is 3. The first kappa shape index (κ1) is 24.1. The third kappa shape index (κ3) is 4.65. The molecule has 5 rings (SSSR count). The lowest BCUT2D eigenvalue weighted by Crippen LogP contribution is -2.27. The van der Waals surface area contributed by atoms with Gasteiger partial charge in [-0.2, -0.15) is 0 Å². The molecule has 1 saturated heterocycles. The number of nitro benzene ring substituents is 2. The highest BCUT2D eigenvalue weighted by atomic mass is 32.2. The molecule has 11 heteroatoms. The summed E-state index contributed by atoms with van der Waals surface area (Å²) in [5, 5.41) is 24.4. The Balaban J connectivity index is 1.50. The first-order valence-electron chi connectivity index (χ1n) is 10.8. The quantitative estimate of drug-likeness (QED) is 0.115. The lowest BCUT2D eigenvalue weighted by atomic mass is 10.1. The lowest BCUT2D eigenvalue weighted by Gasteiger charge is -2.17. The molecule has 182 valence electrons. The molecule has 0 bridgehead atoms. The van der Waals surface area contributed by atoms with Crippen LogP contribution in [-0.2, 0) is 4.79 Å². The van der Waals surface area contributed by atoms with Gasteiger partial charge in [0.1, 0.15) is 5.75 Å². The molecule has 0 saturated carbocycles. The van der Waals surface area contributed by atoms with Gasteiger partial charge in [-0.1, -0.05) is 78.6 Å². The molecule has 0 aliphatic carbocycles. The average Bonchev–Trinajstić information content (AvgIpc) is 3.17. The summed E-state index contributed by atoms with van der Waals surface area (Å²) >= 11 is 6.68. The van der Waals surface area contributed by atoms with Gasteiger partial charge in [-0.15, -0.1) is 0 Å². The lowest BCUT2D eigenvalue weighted by molar-refractivity contribution is -0.394. The van der Waals surface area contributed by atoms with Crippen LogP contribution < -0.4 is 9.64 Å². The Hall–Kier alpha value is -4.61. The molecular formula is C26H15N3O6S2. The van der Waals surface area contributed by atoms with Gasteiger partial charge in [0.2, 0.25) is 5.75 Å². The van der Waals surface area contributed by atoms with Crippen LogP contribution in [0.2, 0.25) is 0 Å². The van der Waals surface area contributed by atoms with E-state index in [1.54, 1.807) is 30.3 Å². The number of nitro groups is 2. The second-order valence-electron chi connectivity index (χ2n) is 7.82. The van der Waals surface area contributed by atoms with Crippen molar-refractivity contribution in [2.45, 2.75) is 0 Å². The maximum Gasteiger partial charge on any atom is 0.318 e. The Morgan fingerprint density at radius 3 is 2.38 bits per heavy atom. The van der Waals surface area contributed by atoms with E-state index in [2.05, 4.69) is 0 Å². The predicted octanol–water partition coefficient (Wildman–Crippen LogP) is 6.85. The molecule has 4 aromatic rings. The van der Waals surface area contributed by atoms with Crippen LogP contribution in [0.1, 0.15) is 5.56 Å². The Labute approximate surface area is 219 Å². The molecule has 9 nitrogen and oxygen atoms in total. The highest BCUT2D eigenvalue weighted by Gasteiger charge is 2.34. The molecule has 0 atom stereocenters. The zero-order valence-corrected chi connectivity index (χ0v) is 20.4. The largest absolute Gasteiger partial charge is 0.449 e. The number of carbonyl (C=O) groups excluding carboxylic acids is 1. The molecular weight excluding hydrogens is 514 g/mol. The van der Waals surface area contributed by atoms with Gasteiger partial charge in [0.25, 0.3) is 11.6 Å². The SMILES string of the molecule is O=C1/C(=C/c2ccccc2Oc2ccc([N+](=O)[O-])cc2[N+](=O)[O-])SC(=S)N1c1cccc2ccccc12. The zero-order chi connectivity index (χ0) is 26.1. The van der Waals surface area contributed by atoms with Crippen LogP contribution in [0.15, 0.2) is 89.8 Å². The fraction of sp³-hybridized carbons (Fsp3) is 0. The summed E-state index contributed by atoms with van der Waals surface area (Å²) in [5.41, 5.74) is 0.180. The van der Waals surface area contributed by atoms with Crippen LogP contribution in [0.4, 0.5) is 17.1 Å². The standard InChI is InChI=1S/C26H15N3O6S2/c30-25-24(37-26(36)27(25)20-10-5-8-16-6-1-3-9-19(16)20)14-17-7-2-4-11-22(17)35-23-13-12-18(28(31)32)15-21(23)29(33)34/h1-15H/b24-14-. The van der Waals surface area contributed by atoms with Gasteiger partial charge < -0.3 is 4.74 Å². The number of amides is 1. The minimum Gasteiger partial charge on any atom is -0.449 e. The number of para-hydroxylation sites is 1. The minimum atomic E-state index is -0.750.